The van der Waals surface area contributed by atoms with Gasteiger partial charge in [-0.3, -0.25) is 19.1 Å². The van der Waals surface area contributed by atoms with E-state index in [2.05, 4.69) is 10.4 Å². The topological polar surface area (TPSA) is 88.7 Å². The molecule has 0 aliphatic carbocycles. The van der Waals surface area contributed by atoms with E-state index in [9.17, 15) is 14.4 Å². The average molecular weight is 438 g/mol. The van der Waals surface area contributed by atoms with Gasteiger partial charge in [-0.25, -0.2) is 9.69 Å². The molecule has 3 aromatic rings. The van der Waals surface area contributed by atoms with Crippen molar-refractivity contribution in [2.24, 2.45) is 12.1 Å². The second-order valence-corrected chi connectivity index (χ2v) is 7.62. The Morgan fingerprint density at radius 1 is 1.06 bits per heavy atom. The molecule has 1 aliphatic rings. The first kappa shape index (κ1) is 20.6. The number of aromatic nitrogens is 2. The molecule has 2 heterocycles. The molecule has 0 bridgehead atoms. The minimum absolute atomic E-state index is 0.193. The quantitative estimate of drug-likeness (QED) is 0.682. The number of amidine groups is 1. The minimum atomic E-state index is -1.18. The van der Waals surface area contributed by atoms with Crippen LogP contribution in [0.1, 0.15) is 29.8 Å². The van der Waals surface area contributed by atoms with Crippen molar-refractivity contribution in [3.8, 4) is 5.69 Å². The second kappa shape index (κ2) is 7.88. The molecule has 1 unspecified atom stereocenters. The number of hydrogen-bond donors (Lipinski definition) is 1. The van der Waals surface area contributed by atoms with Crippen molar-refractivity contribution in [2.75, 3.05) is 0 Å². The fraction of sp³-hybridized carbons (Fsp3) is 0.182. The van der Waals surface area contributed by atoms with E-state index in [4.69, 9.17) is 11.6 Å². The van der Waals surface area contributed by atoms with Crippen molar-refractivity contribution < 1.29 is 9.59 Å². The molecule has 158 valence electrons. The molecule has 1 N–H and O–H groups in total. The van der Waals surface area contributed by atoms with Crippen molar-refractivity contribution in [2.45, 2.75) is 19.9 Å². The molecule has 0 fully saturated rings. The number of amides is 2. The maximum absolute atomic E-state index is 13.2. The van der Waals surface area contributed by atoms with Crippen LogP contribution in [0.2, 0.25) is 5.02 Å². The molecule has 9 heteroatoms. The zero-order valence-electron chi connectivity index (χ0n) is 17.2. The van der Waals surface area contributed by atoms with E-state index >= 15 is 0 Å². The van der Waals surface area contributed by atoms with Crippen LogP contribution < -0.4 is 10.9 Å². The van der Waals surface area contributed by atoms with Gasteiger partial charge >= 0.3 is 0 Å². The lowest BCUT2D eigenvalue weighted by Crippen LogP contribution is -2.50. The van der Waals surface area contributed by atoms with Crippen molar-refractivity contribution in [1.29, 1.82) is 0 Å². The summed E-state index contributed by atoms with van der Waals surface area (Å²) in [4.78, 5) is 38.7. The van der Waals surface area contributed by atoms with Crippen LogP contribution in [0.3, 0.4) is 0 Å². The molecule has 2 aromatic carbocycles. The molecule has 31 heavy (non-hydrogen) atoms. The predicted octanol–water partition coefficient (Wildman–Crippen LogP) is 2.52. The third kappa shape index (κ3) is 3.55. The van der Waals surface area contributed by atoms with E-state index in [1.807, 2.05) is 30.3 Å². The molecule has 0 saturated carbocycles. The Morgan fingerprint density at radius 3 is 2.32 bits per heavy atom. The summed E-state index contributed by atoms with van der Waals surface area (Å²) >= 11 is 5.93. The summed E-state index contributed by atoms with van der Waals surface area (Å²) in [6.07, 6.45) is 0. The molecule has 1 aliphatic heterocycles. The molecule has 0 spiro atoms. The molecular formula is C22H20ClN5O3. The van der Waals surface area contributed by atoms with Crippen LogP contribution in [-0.2, 0) is 16.6 Å². The fourth-order valence-electron chi connectivity index (χ4n) is 3.74. The van der Waals surface area contributed by atoms with Crippen LogP contribution in [0.5, 0.6) is 0 Å². The van der Waals surface area contributed by atoms with Gasteiger partial charge in [-0.05, 0) is 43.3 Å². The largest absolute Gasteiger partial charge is 0.307 e. The lowest BCUT2D eigenvalue weighted by molar-refractivity contribution is -0.139. The zero-order chi connectivity index (χ0) is 22.3. The lowest BCUT2D eigenvalue weighted by Gasteiger charge is -2.30. The normalized spacial score (nSPS) is 16.1. The van der Waals surface area contributed by atoms with Gasteiger partial charge in [0.25, 0.3) is 11.5 Å². The number of hydrazone groups is 1. The Kier molecular flexibility index (Phi) is 5.24. The van der Waals surface area contributed by atoms with Gasteiger partial charge in [-0.15, -0.1) is 0 Å². The summed E-state index contributed by atoms with van der Waals surface area (Å²) in [5.74, 6) is -0.758. The van der Waals surface area contributed by atoms with Gasteiger partial charge in [0.1, 0.15) is 0 Å². The van der Waals surface area contributed by atoms with E-state index < -0.39 is 17.9 Å². The zero-order valence-corrected chi connectivity index (χ0v) is 17.9. The number of rotatable bonds is 3. The number of carbonyl (C=O) groups excluding carboxylic acids is 2. The van der Waals surface area contributed by atoms with Gasteiger partial charge in [0.05, 0.1) is 11.3 Å². The fourth-order valence-corrected chi connectivity index (χ4v) is 3.87. The minimum Gasteiger partial charge on any atom is -0.307 e. The first-order chi connectivity index (χ1) is 14.8. The van der Waals surface area contributed by atoms with E-state index in [-0.39, 0.29) is 17.0 Å². The third-order valence-electron chi connectivity index (χ3n) is 5.19. The van der Waals surface area contributed by atoms with Crippen LogP contribution in [0, 0.1) is 6.92 Å². The van der Waals surface area contributed by atoms with Gasteiger partial charge in [0, 0.05) is 30.3 Å². The van der Waals surface area contributed by atoms with E-state index in [1.54, 1.807) is 42.9 Å². The standard InChI is InChI=1S/C22H20ClN5O3/c1-13-18(22(31)26(3)28(13)17-7-5-4-6-8-17)19-21(30)24-20(25-27(19)14(2)29)15-9-11-16(23)12-10-15/h4-12,19H,1-3H3,(H,24,25,30). The summed E-state index contributed by atoms with van der Waals surface area (Å²) in [5, 5.41) is 8.67. The smallest absolute Gasteiger partial charge is 0.272 e. The first-order valence-electron chi connectivity index (χ1n) is 9.58. The summed E-state index contributed by atoms with van der Waals surface area (Å²) in [6.45, 7) is 3.05. The number of benzene rings is 2. The molecule has 1 atom stereocenters. The maximum atomic E-state index is 13.2. The molecule has 0 saturated heterocycles. The van der Waals surface area contributed by atoms with Crippen molar-refractivity contribution >= 4 is 29.3 Å². The Balaban J connectivity index is 1.85. The number of nitrogens with one attached hydrogen (secondary N) is 1. The lowest BCUT2D eigenvalue weighted by atomic mass is 10.0. The number of carbonyl (C=O) groups is 2. The van der Waals surface area contributed by atoms with Gasteiger partial charge < -0.3 is 5.32 Å². The van der Waals surface area contributed by atoms with Gasteiger partial charge in [-0.2, -0.15) is 5.10 Å². The summed E-state index contributed by atoms with van der Waals surface area (Å²) in [6, 6.07) is 14.8. The number of nitrogens with zero attached hydrogens (tertiary/aromatic N) is 4. The highest BCUT2D eigenvalue weighted by molar-refractivity contribution is 6.30. The second-order valence-electron chi connectivity index (χ2n) is 7.19. The first-order valence-corrected chi connectivity index (χ1v) is 9.96. The van der Waals surface area contributed by atoms with Crippen molar-refractivity contribution in [1.82, 2.24) is 19.7 Å². The molecule has 8 nitrogen and oxygen atoms in total. The van der Waals surface area contributed by atoms with Crippen molar-refractivity contribution in [3.63, 3.8) is 0 Å². The highest BCUT2D eigenvalue weighted by Crippen LogP contribution is 2.27. The molecule has 4 rings (SSSR count). The van der Waals surface area contributed by atoms with Crippen LogP contribution in [0.4, 0.5) is 0 Å². The molecule has 0 radical (unpaired) electrons. The number of halogens is 1. The third-order valence-corrected chi connectivity index (χ3v) is 5.44. The van der Waals surface area contributed by atoms with Crippen LogP contribution in [-0.4, -0.2) is 32.0 Å². The number of para-hydroxylation sites is 1. The molecular weight excluding hydrogens is 418 g/mol. The maximum Gasteiger partial charge on any atom is 0.272 e. The molecule has 2 amide bonds. The van der Waals surface area contributed by atoms with Crippen LogP contribution in [0.25, 0.3) is 5.69 Å². The SMILES string of the molecule is CC(=O)N1N=C(c2ccc(Cl)cc2)NC(=O)C1c1c(C)n(-c2ccccc2)n(C)c1=O. The van der Waals surface area contributed by atoms with Crippen LogP contribution in [0.15, 0.2) is 64.5 Å². The van der Waals surface area contributed by atoms with E-state index in [0.717, 1.165) is 10.7 Å². The summed E-state index contributed by atoms with van der Waals surface area (Å²) < 4.78 is 3.13. The average Bonchev–Trinajstić information content (AvgIpc) is 2.97. The van der Waals surface area contributed by atoms with E-state index in [0.29, 0.717) is 16.3 Å². The molecule has 1 aromatic heterocycles. The van der Waals surface area contributed by atoms with Gasteiger partial charge in [0.15, 0.2) is 11.9 Å². The van der Waals surface area contributed by atoms with Crippen LogP contribution >= 0.6 is 11.6 Å². The predicted molar refractivity (Wildman–Crippen MR) is 117 cm³/mol. The van der Waals surface area contributed by atoms with Gasteiger partial charge in [-0.1, -0.05) is 29.8 Å². The summed E-state index contributed by atoms with van der Waals surface area (Å²) in [5.41, 5.74) is 1.72. The Bertz CT molecular complexity index is 1260. The highest BCUT2D eigenvalue weighted by Gasteiger charge is 2.39. The Hall–Kier alpha value is -3.65. The van der Waals surface area contributed by atoms with Gasteiger partial charge in [0.2, 0.25) is 5.91 Å². The number of hydrogen-bond acceptors (Lipinski definition) is 4. The van der Waals surface area contributed by atoms with E-state index in [1.165, 1.54) is 11.6 Å². The highest BCUT2D eigenvalue weighted by atomic mass is 35.5. The Labute approximate surface area is 183 Å². The Morgan fingerprint density at radius 2 is 1.71 bits per heavy atom. The monoisotopic (exact) mass is 437 g/mol. The van der Waals surface area contributed by atoms with Crippen molar-refractivity contribution in [3.05, 3.63) is 86.8 Å². The summed E-state index contributed by atoms with van der Waals surface area (Å²) in [7, 11) is 1.62.